The van der Waals surface area contributed by atoms with Crippen molar-refractivity contribution in [3.63, 3.8) is 0 Å². The van der Waals surface area contributed by atoms with E-state index in [9.17, 15) is 19.0 Å². The summed E-state index contributed by atoms with van der Waals surface area (Å²) in [6.07, 6.45) is 29.0. The number of rotatable bonds is 34. The number of phosphoric ester groups is 1. The summed E-state index contributed by atoms with van der Waals surface area (Å²) in [6, 6.07) is 0. The molecule has 0 radical (unpaired) electrons. The zero-order valence-electron chi connectivity index (χ0n) is 28.4. The fourth-order valence-corrected chi connectivity index (χ4v) is 5.85. The number of esters is 2. The first-order valence-electron chi connectivity index (χ1n) is 18.0. The van der Waals surface area contributed by atoms with E-state index in [2.05, 4.69) is 11.4 Å². The topological polar surface area (TPSA) is 134 Å². The molecule has 0 amide bonds. The van der Waals surface area contributed by atoms with E-state index >= 15 is 0 Å². The second kappa shape index (κ2) is 32.0. The van der Waals surface area contributed by atoms with Gasteiger partial charge < -0.3 is 20.1 Å². The normalized spacial score (nSPS) is 13.5. The first kappa shape index (κ1) is 43.0. The number of carbonyl (C=O) groups is 2. The molecule has 0 saturated heterocycles. The van der Waals surface area contributed by atoms with Crippen LogP contribution in [-0.2, 0) is 32.7 Å². The van der Waals surface area contributed by atoms with Crippen molar-refractivity contribution in [1.82, 2.24) is 0 Å². The molecule has 0 rings (SSSR count). The summed E-state index contributed by atoms with van der Waals surface area (Å²) in [5, 5.41) is 0. The van der Waals surface area contributed by atoms with Crippen molar-refractivity contribution in [2.45, 2.75) is 180 Å². The van der Waals surface area contributed by atoms with E-state index in [-0.39, 0.29) is 38.6 Å². The van der Waals surface area contributed by atoms with Crippen LogP contribution in [0.5, 0.6) is 0 Å². The Morgan fingerprint density at radius 2 is 1.02 bits per heavy atom. The minimum absolute atomic E-state index is 0.0556. The maximum absolute atomic E-state index is 12.2. The third kappa shape index (κ3) is 31.0. The standard InChI is InChI=1S/C34H68NO8P/c1-3-5-6-7-8-9-10-11-12-13-14-15-16-17-18-19-20-21-22-23-24-25-27-33(36)40-30-32(43-34(37)26-4-2)31-42-44(38,39)41-29-28-35/h32H,3-31,35H2,1-2H3,(H,38,39)/t32-/m1/s1. The average Bonchev–Trinajstić information content (AvgIpc) is 3.00. The molecule has 1 unspecified atom stereocenters. The Kier molecular flexibility index (Phi) is 31.3. The van der Waals surface area contributed by atoms with Crippen molar-refractivity contribution in [2.75, 3.05) is 26.4 Å². The molecule has 2 atom stereocenters. The highest BCUT2D eigenvalue weighted by Gasteiger charge is 2.25. The molecule has 9 nitrogen and oxygen atoms in total. The van der Waals surface area contributed by atoms with Gasteiger partial charge >= 0.3 is 19.8 Å². The molecule has 0 aromatic heterocycles. The fourth-order valence-electron chi connectivity index (χ4n) is 5.08. The molecular weight excluding hydrogens is 581 g/mol. The highest BCUT2D eigenvalue weighted by Crippen LogP contribution is 2.43. The van der Waals surface area contributed by atoms with Crippen LogP contribution >= 0.6 is 7.82 Å². The summed E-state index contributed by atoms with van der Waals surface area (Å²) < 4.78 is 31.9. The van der Waals surface area contributed by atoms with Crippen molar-refractivity contribution in [2.24, 2.45) is 5.73 Å². The first-order valence-corrected chi connectivity index (χ1v) is 19.5. The minimum Gasteiger partial charge on any atom is -0.462 e. The van der Waals surface area contributed by atoms with E-state index in [0.717, 1.165) is 19.3 Å². The Bertz CT molecular complexity index is 709. The third-order valence-corrected chi connectivity index (χ3v) is 8.70. The number of phosphoric acid groups is 1. The monoisotopic (exact) mass is 649 g/mol. The molecule has 0 aromatic rings. The molecule has 0 aliphatic heterocycles. The lowest BCUT2D eigenvalue weighted by Gasteiger charge is -2.19. The van der Waals surface area contributed by atoms with Crippen molar-refractivity contribution in [3.8, 4) is 0 Å². The molecule has 0 aliphatic rings. The Hall–Kier alpha value is -0.990. The van der Waals surface area contributed by atoms with Crippen LogP contribution in [0.4, 0.5) is 0 Å². The molecule has 44 heavy (non-hydrogen) atoms. The van der Waals surface area contributed by atoms with E-state index in [1.807, 2.05) is 6.92 Å². The predicted molar refractivity (Wildman–Crippen MR) is 178 cm³/mol. The molecule has 10 heteroatoms. The van der Waals surface area contributed by atoms with Crippen LogP contribution in [-0.4, -0.2) is 49.3 Å². The largest absolute Gasteiger partial charge is 0.472 e. The van der Waals surface area contributed by atoms with E-state index in [4.69, 9.17) is 19.7 Å². The van der Waals surface area contributed by atoms with Crippen LogP contribution in [0.3, 0.4) is 0 Å². The van der Waals surface area contributed by atoms with E-state index in [0.29, 0.717) is 6.42 Å². The average molecular weight is 650 g/mol. The van der Waals surface area contributed by atoms with Gasteiger partial charge in [0.1, 0.15) is 6.61 Å². The molecular formula is C34H68NO8P. The minimum atomic E-state index is -4.33. The Morgan fingerprint density at radius 1 is 0.591 bits per heavy atom. The first-order chi connectivity index (χ1) is 21.3. The summed E-state index contributed by atoms with van der Waals surface area (Å²) in [5.74, 6) is -0.881. The maximum Gasteiger partial charge on any atom is 0.472 e. The lowest BCUT2D eigenvalue weighted by molar-refractivity contribution is -0.161. The maximum atomic E-state index is 12.2. The molecule has 0 heterocycles. The number of nitrogens with two attached hydrogens (primary N) is 1. The lowest BCUT2D eigenvalue weighted by Crippen LogP contribution is -2.29. The van der Waals surface area contributed by atoms with Gasteiger partial charge in [0.2, 0.25) is 0 Å². The number of hydrogen-bond donors (Lipinski definition) is 2. The van der Waals surface area contributed by atoms with Gasteiger partial charge in [0.25, 0.3) is 0 Å². The van der Waals surface area contributed by atoms with Gasteiger partial charge in [0, 0.05) is 19.4 Å². The Balaban J connectivity index is 3.68. The molecule has 0 fully saturated rings. The molecule has 3 N–H and O–H groups in total. The molecule has 0 spiro atoms. The van der Waals surface area contributed by atoms with Gasteiger partial charge in [0.05, 0.1) is 13.2 Å². The zero-order chi connectivity index (χ0) is 32.6. The number of hydrogen-bond acceptors (Lipinski definition) is 8. The smallest absolute Gasteiger partial charge is 0.462 e. The molecule has 262 valence electrons. The fraction of sp³-hybridized carbons (Fsp3) is 0.941. The predicted octanol–water partition coefficient (Wildman–Crippen LogP) is 9.33. The number of ether oxygens (including phenoxy) is 2. The summed E-state index contributed by atoms with van der Waals surface area (Å²) >= 11 is 0. The van der Waals surface area contributed by atoms with Gasteiger partial charge in [-0.1, -0.05) is 149 Å². The van der Waals surface area contributed by atoms with Crippen LogP contribution in [0.15, 0.2) is 0 Å². The van der Waals surface area contributed by atoms with Gasteiger partial charge in [0.15, 0.2) is 6.10 Å². The van der Waals surface area contributed by atoms with Gasteiger partial charge in [-0.15, -0.1) is 0 Å². The van der Waals surface area contributed by atoms with Crippen LogP contribution < -0.4 is 5.73 Å². The van der Waals surface area contributed by atoms with Crippen molar-refractivity contribution in [3.05, 3.63) is 0 Å². The van der Waals surface area contributed by atoms with Crippen molar-refractivity contribution in [1.29, 1.82) is 0 Å². The van der Waals surface area contributed by atoms with Gasteiger partial charge in [-0.25, -0.2) is 4.57 Å². The van der Waals surface area contributed by atoms with E-state index in [1.165, 1.54) is 122 Å². The van der Waals surface area contributed by atoms with Gasteiger partial charge in [-0.3, -0.25) is 18.6 Å². The molecule has 0 bridgehead atoms. The van der Waals surface area contributed by atoms with Crippen LogP contribution in [0.25, 0.3) is 0 Å². The number of carbonyl (C=O) groups excluding carboxylic acids is 2. The van der Waals surface area contributed by atoms with Crippen molar-refractivity contribution >= 4 is 19.8 Å². The zero-order valence-corrected chi connectivity index (χ0v) is 29.3. The Labute approximate surface area is 269 Å². The van der Waals surface area contributed by atoms with E-state index in [1.54, 1.807) is 0 Å². The quantitative estimate of drug-likeness (QED) is 0.0397. The lowest BCUT2D eigenvalue weighted by atomic mass is 10.0. The second-order valence-electron chi connectivity index (χ2n) is 12.1. The highest BCUT2D eigenvalue weighted by molar-refractivity contribution is 7.47. The third-order valence-electron chi connectivity index (χ3n) is 7.71. The van der Waals surface area contributed by atoms with Crippen molar-refractivity contribution < 1.29 is 37.6 Å². The molecule has 0 aromatic carbocycles. The van der Waals surface area contributed by atoms with Gasteiger partial charge in [-0.05, 0) is 12.8 Å². The molecule has 0 saturated carbocycles. The summed E-state index contributed by atoms with van der Waals surface area (Å²) in [4.78, 5) is 33.7. The summed E-state index contributed by atoms with van der Waals surface area (Å²) in [7, 11) is -4.33. The van der Waals surface area contributed by atoms with Crippen LogP contribution in [0, 0.1) is 0 Å². The van der Waals surface area contributed by atoms with E-state index < -0.39 is 26.5 Å². The van der Waals surface area contributed by atoms with Crippen LogP contribution in [0.1, 0.15) is 174 Å². The number of unbranched alkanes of at least 4 members (excludes halogenated alkanes) is 21. The van der Waals surface area contributed by atoms with Crippen LogP contribution in [0.2, 0.25) is 0 Å². The highest BCUT2D eigenvalue weighted by atomic mass is 31.2. The Morgan fingerprint density at radius 3 is 1.43 bits per heavy atom. The summed E-state index contributed by atoms with van der Waals surface area (Å²) in [6.45, 7) is 3.34. The SMILES string of the molecule is CCCCCCCCCCCCCCCCCCCCCCCCC(=O)OC[C@H](COP(=O)(O)OCCN)OC(=O)CCC. The van der Waals surface area contributed by atoms with Gasteiger partial charge in [-0.2, -0.15) is 0 Å². The second-order valence-corrected chi connectivity index (χ2v) is 13.6. The summed E-state index contributed by atoms with van der Waals surface area (Å²) in [5.41, 5.74) is 5.26. The molecule has 0 aliphatic carbocycles.